The number of hydrogen-bond acceptors (Lipinski definition) is 8. The standard InChI is InChI=1S/C23H22O8/c1-15(24)30-20-18(31-22(27)17-10-6-3-7-11-17)12-13-19(25)23(20,28)14-29-21(26)16-8-4-2-5-9-16/h2-13,18-20,25,28H,14H2,1H3/t18-,19+,20-,23-/m1/s1. The molecule has 0 bridgehead atoms. The average molecular weight is 426 g/mol. The van der Waals surface area contributed by atoms with Crippen LogP contribution >= 0.6 is 0 Å². The summed E-state index contributed by atoms with van der Waals surface area (Å²) >= 11 is 0. The lowest BCUT2D eigenvalue weighted by atomic mass is 9.82. The summed E-state index contributed by atoms with van der Waals surface area (Å²) in [4.78, 5) is 36.4. The van der Waals surface area contributed by atoms with Crippen molar-refractivity contribution in [2.45, 2.75) is 30.8 Å². The third-order valence-corrected chi connectivity index (χ3v) is 4.78. The molecule has 0 unspecified atom stereocenters. The fourth-order valence-corrected chi connectivity index (χ4v) is 3.16. The van der Waals surface area contributed by atoms with Crippen LogP contribution in [0.2, 0.25) is 0 Å². The Morgan fingerprint density at radius 3 is 1.97 bits per heavy atom. The van der Waals surface area contributed by atoms with E-state index in [1.54, 1.807) is 48.5 Å². The maximum Gasteiger partial charge on any atom is 0.338 e. The first-order valence-corrected chi connectivity index (χ1v) is 9.55. The van der Waals surface area contributed by atoms with Gasteiger partial charge in [0.25, 0.3) is 0 Å². The predicted octanol–water partition coefficient (Wildman–Crippen LogP) is 1.66. The SMILES string of the molecule is CC(=O)O[C@@H]1[C@H](OC(=O)c2ccccc2)C=C[C@H](O)[C@]1(O)COC(=O)c1ccccc1. The first-order valence-electron chi connectivity index (χ1n) is 9.55. The molecule has 0 saturated heterocycles. The zero-order chi connectivity index (χ0) is 22.4. The van der Waals surface area contributed by atoms with Crippen molar-refractivity contribution < 1.29 is 38.8 Å². The molecule has 2 aromatic carbocycles. The minimum atomic E-state index is -2.24. The summed E-state index contributed by atoms with van der Waals surface area (Å²) in [6.45, 7) is 0.404. The molecule has 0 heterocycles. The van der Waals surface area contributed by atoms with E-state index in [0.717, 1.165) is 6.92 Å². The van der Waals surface area contributed by atoms with Gasteiger partial charge in [-0.05, 0) is 30.3 Å². The Hall–Kier alpha value is -3.49. The number of aliphatic hydroxyl groups is 2. The van der Waals surface area contributed by atoms with Gasteiger partial charge in [-0.25, -0.2) is 9.59 Å². The van der Waals surface area contributed by atoms with Gasteiger partial charge in [0.1, 0.15) is 12.7 Å². The van der Waals surface area contributed by atoms with Gasteiger partial charge >= 0.3 is 17.9 Å². The van der Waals surface area contributed by atoms with Crippen LogP contribution in [-0.4, -0.2) is 58.6 Å². The van der Waals surface area contributed by atoms with Gasteiger partial charge in [-0.2, -0.15) is 0 Å². The van der Waals surface area contributed by atoms with Gasteiger partial charge in [-0.15, -0.1) is 0 Å². The van der Waals surface area contributed by atoms with Crippen molar-refractivity contribution in [2.75, 3.05) is 6.61 Å². The quantitative estimate of drug-likeness (QED) is 0.407. The van der Waals surface area contributed by atoms with E-state index >= 15 is 0 Å². The van der Waals surface area contributed by atoms with Crippen LogP contribution in [0.3, 0.4) is 0 Å². The molecule has 0 aromatic heterocycles. The van der Waals surface area contributed by atoms with E-state index in [-0.39, 0.29) is 11.1 Å². The largest absolute Gasteiger partial charge is 0.459 e. The van der Waals surface area contributed by atoms with Crippen molar-refractivity contribution in [3.63, 3.8) is 0 Å². The van der Waals surface area contributed by atoms with Crippen LogP contribution in [0.15, 0.2) is 72.8 Å². The van der Waals surface area contributed by atoms with E-state index in [1.807, 2.05) is 0 Å². The summed E-state index contributed by atoms with van der Waals surface area (Å²) in [6.07, 6.45) is -1.78. The molecule has 4 atom stereocenters. The number of carbonyl (C=O) groups is 3. The van der Waals surface area contributed by atoms with E-state index in [4.69, 9.17) is 14.2 Å². The highest BCUT2D eigenvalue weighted by molar-refractivity contribution is 5.90. The molecule has 0 radical (unpaired) electrons. The molecule has 0 spiro atoms. The highest BCUT2D eigenvalue weighted by Crippen LogP contribution is 2.31. The summed E-state index contributed by atoms with van der Waals surface area (Å²) in [5, 5.41) is 21.6. The normalized spacial score (nSPS) is 24.8. The molecule has 162 valence electrons. The Bertz CT molecular complexity index is 956. The van der Waals surface area contributed by atoms with Crippen LogP contribution in [0.25, 0.3) is 0 Å². The van der Waals surface area contributed by atoms with Crippen molar-refractivity contribution in [3.8, 4) is 0 Å². The number of ether oxygens (including phenoxy) is 3. The number of rotatable bonds is 6. The van der Waals surface area contributed by atoms with Crippen molar-refractivity contribution >= 4 is 17.9 Å². The molecule has 0 amide bonds. The zero-order valence-corrected chi connectivity index (χ0v) is 16.7. The molecule has 3 rings (SSSR count). The van der Waals surface area contributed by atoms with Crippen LogP contribution in [0, 0.1) is 0 Å². The summed E-state index contributed by atoms with van der Waals surface area (Å²) in [7, 11) is 0. The van der Waals surface area contributed by atoms with E-state index in [9.17, 15) is 24.6 Å². The van der Waals surface area contributed by atoms with Gasteiger partial charge in [0.05, 0.1) is 11.1 Å². The minimum absolute atomic E-state index is 0.239. The van der Waals surface area contributed by atoms with Gasteiger partial charge in [0.2, 0.25) is 0 Å². The molecule has 1 aliphatic carbocycles. The number of esters is 3. The van der Waals surface area contributed by atoms with Gasteiger partial charge in [-0.3, -0.25) is 4.79 Å². The second-order valence-electron chi connectivity index (χ2n) is 7.03. The van der Waals surface area contributed by atoms with E-state index < -0.39 is 48.4 Å². The lowest BCUT2D eigenvalue weighted by Crippen LogP contribution is -2.63. The molecule has 8 nitrogen and oxygen atoms in total. The molecule has 1 aliphatic rings. The van der Waals surface area contributed by atoms with Gasteiger partial charge < -0.3 is 24.4 Å². The molecule has 0 saturated carbocycles. The Labute approximate surface area is 178 Å². The number of benzene rings is 2. The predicted molar refractivity (Wildman–Crippen MR) is 108 cm³/mol. The Balaban J connectivity index is 1.81. The highest BCUT2D eigenvalue weighted by atomic mass is 16.6. The highest BCUT2D eigenvalue weighted by Gasteiger charge is 2.53. The third-order valence-electron chi connectivity index (χ3n) is 4.78. The zero-order valence-electron chi connectivity index (χ0n) is 16.7. The van der Waals surface area contributed by atoms with Crippen molar-refractivity contribution in [1.82, 2.24) is 0 Å². The third kappa shape index (κ3) is 5.17. The van der Waals surface area contributed by atoms with Gasteiger partial charge in [-0.1, -0.05) is 42.5 Å². The van der Waals surface area contributed by atoms with Crippen molar-refractivity contribution in [1.29, 1.82) is 0 Å². The van der Waals surface area contributed by atoms with Crippen LogP contribution in [0.5, 0.6) is 0 Å². The molecule has 2 aromatic rings. The molecule has 8 heteroatoms. The monoisotopic (exact) mass is 426 g/mol. The van der Waals surface area contributed by atoms with Gasteiger partial charge in [0.15, 0.2) is 17.8 Å². The number of hydrogen-bond donors (Lipinski definition) is 2. The maximum absolute atomic E-state index is 12.5. The average Bonchev–Trinajstić information content (AvgIpc) is 2.78. The Morgan fingerprint density at radius 1 is 0.871 bits per heavy atom. The fraction of sp³-hybridized carbons (Fsp3) is 0.261. The van der Waals surface area contributed by atoms with Gasteiger partial charge in [0, 0.05) is 6.92 Å². The molecule has 31 heavy (non-hydrogen) atoms. The van der Waals surface area contributed by atoms with Crippen LogP contribution in [0.4, 0.5) is 0 Å². The lowest BCUT2D eigenvalue weighted by Gasteiger charge is -2.42. The van der Waals surface area contributed by atoms with Crippen molar-refractivity contribution in [3.05, 3.63) is 83.9 Å². The molecular weight excluding hydrogens is 404 g/mol. The van der Waals surface area contributed by atoms with E-state index in [2.05, 4.69) is 0 Å². The molecule has 0 aliphatic heterocycles. The first-order chi connectivity index (χ1) is 14.8. The first kappa shape index (κ1) is 22.2. The summed E-state index contributed by atoms with van der Waals surface area (Å²) < 4.78 is 15.8. The number of aliphatic hydroxyl groups excluding tert-OH is 1. The van der Waals surface area contributed by atoms with Crippen molar-refractivity contribution in [2.24, 2.45) is 0 Å². The van der Waals surface area contributed by atoms with E-state index in [0.29, 0.717) is 0 Å². The minimum Gasteiger partial charge on any atom is -0.459 e. The second kappa shape index (κ2) is 9.55. The van der Waals surface area contributed by atoms with Crippen LogP contribution < -0.4 is 0 Å². The number of carbonyl (C=O) groups excluding carboxylic acids is 3. The summed E-state index contributed by atoms with van der Waals surface area (Å²) in [5.41, 5.74) is -1.75. The summed E-state index contributed by atoms with van der Waals surface area (Å²) in [5.74, 6) is -2.23. The smallest absolute Gasteiger partial charge is 0.338 e. The molecule has 2 N–H and O–H groups in total. The van der Waals surface area contributed by atoms with Crippen LogP contribution in [0.1, 0.15) is 27.6 Å². The fourth-order valence-electron chi connectivity index (χ4n) is 3.16. The van der Waals surface area contributed by atoms with E-state index in [1.165, 1.54) is 24.3 Å². The topological polar surface area (TPSA) is 119 Å². The second-order valence-corrected chi connectivity index (χ2v) is 7.03. The molecule has 0 fully saturated rings. The lowest BCUT2D eigenvalue weighted by molar-refractivity contribution is -0.205. The maximum atomic E-state index is 12.5. The van der Waals surface area contributed by atoms with Crippen LogP contribution in [-0.2, 0) is 19.0 Å². The Kier molecular flexibility index (Phi) is 6.84. The summed E-state index contributed by atoms with van der Waals surface area (Å²) in [6, 6.07) is 16.2. The Morgan fingerprint density at radius 2 is 1.42 bits per heavy atom. The molecular formula is C23H22O8.